The summed E-state index contributed by atoms with van der Waals surface area (Å²) in [5.74, 6) is 0.640. The van der Waals surface area contributed by atoms with Gasteiger partial charge in [-0.05, 0) is 17.7 Å². The van der Waals surface area contributed by atoms with Gasteiger partial charge in [0.25, 0.3) is 0 Å². The molecule has 138 valence electrons. The lowest BCUT2D eigenvalue weighted by molar-refractivity contribution is 0.520. The van der Waals surface area contributed by atoms with Gasteiger partial charge < -0.3 is 0 Å². The van der Waals surface area contributed by atoms with Crippen LogP contribution in [0.5, 0.6) is 0 Å². The van der Waals surface area contributed by atoms with E-state index in [1.165, 1.54) is 116 Å². The highest BCUT2D eigenvalue weighted by Gasteiger charge is 1.97. The first-order chi connectivity index (χ1) is 11.3. The molecule has 0 heterocycles. The van der Waals surface area contributed by atoms with Crippen molar-refractivity contribution in [2.45, 2.75) is 129 Å². The number of hydrogen-bond acceptors (Lipinski definition) is 1. The molecule has 0 aliphatic carbocycles. The Morgan fingerprint density at radius 2 is 0.870 bits per heavy atom. The first kappa shape index (κ1) is 23.1. The monoisotopic (exact) mass is 340 g/mol. The lowest BCUT2D eigenvalue weighted by atomic mass is 10.0. The Hall–Kier alpha value is 0.0900. The Balaban J connectivity index is 2.99. The lowest BCUT2D eigenvalue weighted by Gasteiger charge is -2.05. The van der Waals surface area contributed by atoms with Crippen molar-refractivity contribution in [2.75, 3.05) is 0 Å². The number of thiocarbonyl (C=S) groups is 1. The van der Waals surface area contributed by atoms with E-state index in [-0.39, 0.29) is 0 Å². The van der Waals surface area contributed by atoms with E-state index in [4.69, 9.17) is 12.2 Å². The maximum atomic E-state index is 4.96. The van der Waals surface area contributed by atoms with E-state index in [0.29, 0.717) is 5.92 Å². The van der Waals surface area contributed by atoms with E-state index in [1.807, 2.05) is 5.37 Å². The molecule has 0 aliphatic heterocycles. The summed E-state index contributed by atoms with van der Waals surface area (Å²) in [6.45, 7) is 4.53. The normalized spacial score (nSPS) is 12.4. The minimum atomic E-state index is 0.640. The van der Waals surface area contributed by atoms with Gasteiger partial charge in [-0.15, -0.1) is 0 Å². The molecule has 0 radical (unpaired) electrons. The Kier molecular flexibility index (Phi) is 20.2. The molecule has 0 spiro atoms. The number of unbranched alkanes of at least 4 members (excludes halogenated alkanes) is 16. The predicted octanol–water partition coefficient (Wildman–Crippen LogP) is 8.66. The molecule has 23 heavy (non-hydrogen) atoms. The van der Waals surface area contributed by atoms with Crippen LogP contribution in [0.25, 0.3) is 0 Å². The van der Waals surface area contributed by atoms with Crippen molar-refractivity contribution in [2.24, 2.45) is 5.92 Å². The zero-order valence-corrected chi connectivity index (χ0v) is 17.1. The summed E-state index contributed by atoms with van der Waals surface area (Å²) >= 11 is 4.96. The van der Waals surface area contributed by atoms with Crippen LogP contribution in [-0.4, -0.2) is 5.37 Å². The molecule has 1 unspecified atom stereocenters. The lowest BCUT2D eigenvalue weighted by Crippen LogP contribution is -1.93. The molecule has 0 aromatic heterocycles. The molecule has 1 heteroatoms. The molecular formula is C22H44S. The van der Waals surface area contributed by atoms with Crippen LogP contribution in [0.3, 0.4) is 0 Å². The fourth-order valence-corrected chi connectivity index (χ4v) is 3.40. The predicted molar refractivity (Wildman–Crippen MR) is 112 cm³/mol. The van der Waals surface area contributed by atoms with E-state index >= 15 is 0 Å². The molecule has 1 atom stereocenters. The molecule has 0 fully saturated rings. The van der Waals surface area contributed by atoms with Crippen LogP contribution in [0, 0.1) is 5.92 Å². The van der Waals surface area contributed by atoms with Crippen LogP contribution >= 0.6 is 12.2 Å². The standard InChI is InChI=1S/C22H44S/c1-3-4-5-6-7-8-9-10-11-12-13-14-15-16-17-18-19-20-22(2)21-23/h21-22H,3-20H2,1-2H3. The SMILES string of the molecule is CCCCCCCCCCCCCCCCCCCC(C)C=S. The maximum absolute atomic E-state index is 4.96. The minimum absolute atomic E-state index is 0.640. The van der Waals surface area contributed by atoms with Crippen molar-refractivity contribution in [3.8, 4) is 0 Å². The van der Waals surface area contributed by atoms with Gasteiger partial charge in [0.05, 0.1) is 0 Å². The number of hydrogen-bond donors (Lipinski definition) is 0. The zero-order valence-electron chi connectivity index (χ0n) is 16.3. The first-order valence-electron chi connectivity index (χ1n) is 10.8. The Morgan fingerprint density at radius 1 is 0.565 bits per heavy atom. The Morgan fingerprint density at radius 3 is 1.17 bits per heavy atom. The second-order valence-electron chi connectivity index (χ2n) is 7.56. The molecule has 0 rings (SSSR count). The number of rotatable bonds is 19. The van der Waals surface area contributed by atoms with E-state index in [2.05, 4.69) is 13.8 Å². The summed E-state index contributed by atoms with van der Waals surface area (Å²) in [6.07, 6.45) is 25.9. The van der Waals surface area contributed by atoms with E-state index in [0.717, 1.165) is 0 Å². The van der Waals surface area contributed by atoms with Crippen molar-refractivity contribution in [3.05, 3.63) is 0 Å². The highest BCUT2D eigenvalue weighted by molar-refractivity contribution is 7.79. The third-order valence-corrected chi connectivity index (χ3v) is 5.46. The highest BCUT2D eigenvalue weighted by Crippen LogP contribution is 2.15. The van der Waals surface area contributed by atoms with E-state index in [9.17, 15) is 0 Å². The van der Waals surface area contributed by atoms with Crippen molar-refractivity contribution in [1.82, 2.24) is 0 Å². The van der Waals surface area contributed by atoms with Crippen LogP contribution < -0.4 is 0 Å². The summed E-state index contributed by atoms with van der Waals surface area (Å²) in [7, 11) is 0. The van der Waals surface area contributed by atoms with Gasteiger partial charge in [-0.25, -0.2) is 0 Å². The largest absolute Gasteiger partial charge is 0.0932 e. The fraction of sp³-hybridized carbons (Fsp3) is 0.955. The van der Waals surface area contributed by atoms with Crippen LogP contribution in [-0.2, 0) is 0 Å². The second-order valence-corrected chi connectivity index (χ2v) is 7.83. The van der Waals surface area contributed by atoms with Gasteiger partial charge in [0, 0.05) is 0 Å². The van der Waals surface area contributed by atoms with E-state index in [1.54, 1.807) is 0 Å². The zero-order chi connectivity index (χ0) is 17.0. The summed E-state index contributed by atoms with van der Waals surface area (Å²) in [5.41, 5.74) is 0. The average molecular weight is 341 g/mol. The quantitative estimate of drug-likeness (QED) is 0.167. The van der Waals surface area contributed by atoms with Crippen LogP contribution in [0.2, 0.25) is 0 Å². The molecule has 0 amide bonds. The molecule has 0 saturated heterocycles. The van der Waals surface area contributed by atoms with Crippen LogP contribution in [0.1, 0.15) is 129 Å². The van der Waals surface area contributed by atoms with Crippen molar-refractivity contribution in [3.63, 3.8) is 0 Å². The molecular weight excluding hydrogens is 296 g/mol. The van der Waals surface area contributed by atoms with Crippen molar-refractivity contribution in [1.29, 1.82) is 0 Å². The van der Waals surface area contributed by atoms with Crippen LogP contribution in [0.4, 0.5) is 0 Å². The average Bonchev–Trinajstić information content (AvgIpc) is 2.57. The minimum Gasteiger partial charge on any atom is -0.0932 e. The van der Waals surface area contributed by atoms with Crippen molar-refractivity contribution >= 4 is 17.6 Å². The summed E-state index contributed by atoms with van der Waals surface area (Å²) in [5, 5.41) is 1.92. The van der Waals surface area contributed by atoms with Gasteiger partial charge in [-0.2, -0.15) is 0 Å². The van der Waals surface area contributed by atoms with Gasteiger partial charge >= 0.3 is 0 Å². The Labute approximate surface area is 153 Å². The van der Waals surface area contributed by atoms with Crippen LogP contribution in [0.15, 0.2) is 0 Å². The molecule has 0 saturated carbocycles. The highest BCUT2D eigenvalue weighted by atomic mass is 32.1. The summed E-state index contributed by atoms with van der Waals surface area (Å²) < 4.78 is 0. The fourth-order valence-electron chi connectivity index (χ4n) is 3.26. The molecule has 0 nitrogen and oxygen atoms in total. The first-order valence-corrected chi connectivity index (χ1v) is 11.2. The Bertz CT molecular complexity index is 224. The molecule has 0 aromatic carbocycles. The topological polar surface area (TPSA) is 0 Å². The van der Waals surface area contributed by atoms with Gasteiger partial charge in [0.15, 0.2) is 0 Å². The molecule has 0 bridgehead atoms. The van der Waals surface area contributed by atoms with Gasteiger partial charge in [-0.3, -0.25) is 0 Å². The van der Waals surface area contributed by atoms with E-state index < -0.39 is 0 Å². The molecule has 0 aromatic rings. The third kappa shape index (κ3) is 20.0. The maximum Gasteiger partial charge on any atom is -0.0157 e. The smallest absolute Gasteiger partial charge is 0.0157 e. The van der Waals surface area contributed by atoms with Gasteiger partial charge in [-0.1, -0.05) is 135 Å². The molecule has 0 aliphatic rings. The third-order valence-electron chi connectivity index (χ3n) is 5.00. The van der Waals surface area contributed by atoms with Gasteiger partial charge in [0.2, 0.25) is 0 Å². The summed E-state index contributed by atoms with van der Waals surface area (Å²) in [6, 6.07) is 0. The molecule has 0 N–H and O–H groups in total. The van der Waals surface area contributed by atoms with Crippen molar-refractivity contribution < 1.29 is 0 Å². The second kappa shape index (κ2) is 20.1. The summed E-state index contributed by atoms with van der Waals surface area (Å²) in [4.78, 5) is 0. The van der Waals surface area contributed by atoms with Gasteiger partial charge in [0.1, 0.15) is 0 Å².